The molecule has 0 N–H and O–H groups in total. The van der Waals surface area contributed by atoms with Crippen LogP contribution in [0.3, 0.4) is 0 Å². The molecule has 104 valence electrons. The zero-order valence-corrected chi connectivity index (χ0v) is 11.9. The first-order chi connectivity index (χ1) is 9.51. The molecule has 0 aliphatic carbocycles. The first-order valence-corrected chi connectivity index (χ1v) is 6.26. The molecule has 2 aromatic rings. The number of ether oxygens (including phenoxy) is 2. The van der Waals surface area contributed by atoms with Crippen molar-refractivity contribution in [1.29, 1.82) is 0 Å². The second kappa shape index (κ2) is 5.87. The van der Waals surface area contributed by atoms with E-state index in [4.69, 9.17) is 9.47 Å². The predicted molar refractivity (Wildman–Crippen MR) is 73.8 cm³/mol. The molecule has 0 spiro atoms. The van der Waals surface area contributed by atoms with Crippen LogP contribution in [0.15, 0.2) is 40.9 Å². The molecule has 0 fully saturated rings. The summed E-state index contributed by atoms with van der Waals surface area (Å²) in [6.07, 6.45) is 0. The lowest BCUT2D eigenvalue weighted by molar-refractivity contribution is -0.385. The quantitative estimate of drug-likeness (QED) is 0.614. The highest BCUT2D eigenvalue weighted by Gasteiger charge is 2.18. The largest absolute Gasteiger partial charge is 0.496 e. The minimum Gasteiger partial charge on any atom is -0.496 e. The first kappa shape index (κ1) is 14.3. The Morgan fingerprint density at radius 3 is 2.60 bits per heavy atom. The molecule has 7 heteroatoms. The van der Waals surface area contributed by atoms with Crippen molar-refractivity contribution in [3.8, 4) is 17.2 Å². The number of rotatable bonds is 4. The van der Waals surface area contributed by atoms with Crippen LogP contribution in [0.25, 0.3) is 0 Å². The van der Waals surface area contributed by atoms with E-state index in [2.05, 4.69) is 15.9 Å². The molecular weight excluding hydrogens is 333 g/mol. The third kappa shape index (κ3) is 3.05. The smallest absolute Gasteiger partial charge is 0.315 e. The van der Waals surface area contributed by atoms with Crippen LogP contribution < -0.4 is 9.47 Å². The Labute approximate surface area is 122 Å². The standard InChI is InChI=1S/C13H9BrFNO4/c1-19-9-3-5-12(11(7-9)16(17)18)20-13-6-8(14)2-4-10(13)15/h2-7H,1H3. The van der Waals surface area contributed by atoms with Gasteiger partial charge in [0.2, 0.25) is 5.75 Å². The molecule has 0 amide bonds. The fourth-order valence-electron chi connectivity index (χ4n) is 1.53. The summed E-state index contributed by atoms with van der Waals surface area (Å²) in [5.74, 6) is -0.461. The SMILES string of the molecule is COc1ccc(Oc2cc(Br)ccc2F)c([N+](=O)[O-])c1. The lowest BCUT2D eigenvalue weighted by Crippen LogP contribution is -1.96. The summed E-state index contributed by atoms with van der Waals surface area (Å²) in [7, 11) is 1.40. The molecule has 2 aromatic carbocycles. The molecule has 0 saturated heterocycles. The molecule has 0 unspecified atom stereocenters. The van der Waals surface area contributed by atoms with Gasteiger partial charge in [0.1, 0.15) is 5.75 Å². The van der Waals surface area contributed by atoms with Crippen molar-refractivity contribution in [2.45, 2.75) is 0 Å². The Balaban J connectivity index is 2.42. The average molecular weight is 342 g/mol. The fraction of sp³-hybridized carbons (Fsp3) is 0.0769. The van der Waals surface area contributed by atoms with Gasteiger partial charge in [-0.25, -0.2) is 4.39 Å². The summed E-state index contributed by atoms with van der Waals surface area (Å²) >= 11 is 3.18. The third-order valence-corrected chi connectivity index (χ3v) is 2.97. The van der Waals surface area contributed by atoms with Gasteiger partial charge >= 0.3 is 5.69 Å². The van der Waals surface area contributed by atoms with Crippen LogP contribution in [0.2, 0.25) is 0 Å². The second-order valence-corrected chi connectivity index (χ2v) is 4.68. The summed E-state index contributed by atoms with van der Waals surface area (Å²) in [5, 5.41) is 11.0. The number of benzene rings is 2. The number of methoxy groups -OCH3 is 1. The summed E-state index contributed by atoms with van der Waals surface area (Å²) in [6.45, 7) is 0. The van der Waals surface area contributed by atoms with Crippen LogP contribution in [-0.2, 0) is 0 Å². The summed E-state index contributed by atoms with van der Waals surface area (Å²) < 4.78 is 24.4. The summed E-state index contributed by atoms with van der Waals surface area (Å²) in [6, 6.07) is 8.17. The Bertz CT molecular complexity index is 663. The Morgan fingerprint density at radius 1 is 1.20 bits per heavy atom. The highest BCUT2D eigenvalue weighted by molar-refractivity contribution is 9.10. The summed E-state index contributed by atoms with van der Waals surface area (Å²) in [4.78, 5) is 10.4. The van der Waals surface area contributed by atoms with E-state index in [1.807, 2.05) is 0 Å². The normalized spacial score (nSPS) is 10.2. The van der Waals surface area contributed by atoms with Gasteiger partial charge in [-0.3, -0.25) is 10.1 Å². The zero-order chi connectivity index (χ0) is 14.7. The molecule has 0 atom stereocenters. The van der Waals surface area contributed by atoms with E-state index in [0.717, 1.165) is 0 Å². The Kier molecular flexibility index (Phi) is 4.19. The Hall–Kier alpha value is -2.15. The Morgan fingerprint density at radius 2 is 1.95 bits per heavy atom. The van der Waals surface area contributed by atoms with Gasteiger partial charge in [0.15, 0.2) is 11.6 Å². The molecule has 0 bridgehead atoms. The summed E-state index contributed by atoms with van der Waals surface area (Å²) in [5.41, 5.74) is -0.302. The van der Waals surface area contributed by atoms with Crippen molar-refractivity contribution in [1.82, 2.24) is 0 Å². The van der Waals surface area contributed by atoms with E-state index < -0.39 is 10.7 Å². The van der Waals surface area contributed by atoms with Crippen molar-refractivity contribution in [2.75, 3.05) is 7.11 Å². The van der Waals surface area contributed by atoms with Crippen molar-refractivity contribution in [2.24, 2.45) is 0 Å². The van der Waals surface area contributed by atoms with E-state index >= 15 is 0 Å². The van der Waals surface area contributed by atoms with Gasteiger partial charge in [-0.05, 0) is 30.3 Å². The van der Waals surface area contributed by atoms with Crippen LogP contribution >= 0.6 is 15.9 Å². The molecule has 0 heterocycles. The zero-order valence-electron chi connectivity index (χ0n) is 10.3. The molecule has 0 aromatic heterocycles. The van der Waals surface area contributed by atoms with Crippen molar-refractivity contribution < 1.29 is 18.8 Å². The van der Waals surface area contributed by atoms with E-state index in [0.29, 0.717) is 10.2 Å². The van der Waals surface area contributed by atoms with Crippen LogP contribution in [0.4, 0.5) is 10.1 Å². The minimum absolute atomic E-state index is 0.0622. The number of nitro benzene ring substituents is 1. The topological polar surface area (TPSA) is 61.6 Å². The van der Waals surface area contributed by atoms with Crippen LogP contribution in [-0.4, -0.2) is 12.0 Å². The number of halogens is 2. The van der Waals surface area contributed by atoms with E-state index in [-0.39, 0.29) is 17.2 Å². The molecule has 0 saturated carbocycles. The number of hydrogen-bond acceptors (Lipinski definition) is 4. The van der Waals surface area contributed by atoms with Gasteiger partial charge in [0, 0.05) is 4.47 Å². The molecule has 0 aliphatic rings. The molecule has 2 rings (SSSR count). The number of hydrogen-bond donors (Lipinski definition) is 0. The van der Waals surface area contributed by atoms with Gasteiger partial charge in [-0.15, -0.1) is 0 Å². The second-order valence-electron chi connectivity index (χ2n) is 3.77. The average Bonchev–Trinajstić information content (AvgIpc) is 2.43. The molecule has 0 radical (unpaired) electrons. The fourth-order valence-corrected chi connectivity index (χ4v) is 1.87. The molecule has 0 aliphatic heterocycles. The molecular formula is C13H9BrFNO4. The van der Waals surface area contributed by atoms with Gasteiger partial charge < -0.3 is 9.47 Å². The van der Waals surface area contributed by atoms with E-state index in [9.17, 15) is 14.5 Å². The van der Waals surface area contributed by atoms with Crippen molar-refractivity contribution in [3.05, 3.63) is 56.8 Å². The van der Waals surface area contributed by atoms with Crippen LogP contribution in [0, 0.1) is 15.9 Å². The monoisotopic (exact) mass is 341 g/mol. The van der Waals surface area contributed by atoms with Gasteiger partial charge in [-0.1, -0.05) is 15.9 Å². The lowest BCUT2D eigenvalue weighted by atomic mass is 10.2. The minimum atomic E-state index is -0.617. The molecule has 20 heavy (non-hydrogen) atoms. The highest BCUT2D eigenvalue weighted by Crippen LogP contribution is 2.36. The van der Waals surface area contributed by atoms with Crippen molar-refractivity contribution in [3.63, 3.8) is 0 Å². The van der Waals surface area contributed by atoms with Gasteiger partial charge in [-0.2, -0.15) is 0 Å². The van der Waals surface area contributed by atoms with E-state index in [1.54, 1.807) is 0 Å². The number of nitrogens with zero attached hydrogens (tertiary/aromatic N) is 1. The van der Waals surface area contributed by atoms with Crippen LogP contribution in [0.5, 0.6) is 17.2 Å². The van der Waals surface area contributed by atoms with Gasteiger partial charge in [0.05, 0.1) is 18.1 Å². The maximum absolute atomic E-state index is 13.6. The number of nitro groups is 1. The maximum Gasteiger partial charge on any atom is 0.315 e. The van der Waals surface area contributed by atoms with Crippen LogP contribution in [0.1, 0.15) is 0 Å². The van der Waals surface area contributed by atoms with Crippen molar-refractivity contribution >= 4 is 21.6 Å². The first-order valence-electron chi connectivity index (χ1n) is 5.46. The predicted octanol–water partition coefficient (Wildman–Crippen LogP) is 4.30. The highest BCUT2D eigenvalue weighted by atomic mass is 79.9. The van der Waals surface area contributed by atoms with Gasteiger partial charge in [0.25, 0.3) is 0 Å². The molecule has 5 nitrogen and oxygen atoms in total. The van der Waals surface area contributed by atoms with E-state index in [1.165, 1.54) is 43.5 Å². The maximum atomic E-state index is 13.6. The lowest BCUT2D eigenvalue weighted by Gasteiger charge is -2.08. The third-order valence-electron chi connectivity index (χ3n) is 2.48.